The summed E-state index contributed by atoms with van der Waals surface area (Å²) in [6.45, 7) is 9.90. The molecule has 0 saturated heterocycles. The minimum Gasteiger partial charge on any atom is -0.335 e. The van der Waals surface area contributed by atoms with Crippen molar-refractivity contribution in [2.75, 3.05) is 13.1 Å². The van der Waals surface area contributed by atoms with Gasteiger partial charge in [-0.1, -0.05) is 20.8 Å². The molecule has 0 fully saturated rings. The summed E-state index contributed by atoms with van der Waals surface area (Å²) in [6, 6.07) is 2.34. The molecule has 0 bridgehead atoms. The zero-order chi connectivity index (χ0) is 14.9. The average Bonchev–Trinajstić information content (AvgIpc) is 2.84. The Morgan fingerprint density at radius 2 is 2.25 bits per heavy atom. The molecule has 3 nitrogen and oxygen atoms in total. The van der Waals surface area contributed by atoms with Crippen molar-refractivity contribution in [2.45, 2.75) is 46.6 Å². The number of nitrogens with two attached hydrogens (primary N) is 1. The first kappa shape index (κ1) is 15.5. The molecule has 1 aliphatic rings. The third kappa shape index (κ3) is 3.23. The van der Waals surface area contributed by atoms with E-state index in [-0.39, 0.29) is 23.3 Å². The van der Waals surface area contributed by atoms with E-state index in [4.69, 9.17) is 5.73 Å². The predicted octanol–water partition coefficient (Wildman–Crippen LogP) is 3.20. The molecule has 112 valence electrons. The van der Waals surface area contributed by atoms with E-state index < -0.39 is 0 Å². The molecule has 1 aliphatic heterocycles. The standard InChI is InChI=1S/C16H26N2OS/c1-11-13-6-8-20-14(13)5-7-18(11)15(19)12(10-17)9-16(2,3)4/h6,8,11-12H,5,7,9-10,17H2,1-4H3. The van der Waals surface area contributed by atoms with Gasteiger partial charge in [0.15, 0.2) is 0 Å². The first-order valence-electron chi connectivity index (χ1n) is 7.40. The molecular weight excluding hydrogens is 268 g/mol. The lowest BCUT2D eigenvalue weighted by atomic mass is 9.83. The maximum absolute atomic E-state index is 12.8. The van der Waals surface area contributed by atoms with Crippen molar-refractivity contribution in [3.8, 4) is 0 Å². The number of carbonyl (C=O) groups is 1. The van der Waals surface area contributed by atoms with Gasteiger partial charge in [0, 0.05) is 18.0 Å². The molecule has 2 N–H and O–H groups in total. The number of amides is 1. The monoisotopic (exact) mass is 294 g/mol. The van der Waals surface area contributed by atoms with Gasteiger partial charge in [0.1, 0.15) is 0 Å². The van der Waals surface area contributed by atoms with Crippen LogP contribution in [0.4, 0.5) is 0 Å². The molecule has 2 unspecified atom stereocenters. The molecule has 0 aromatic carbocycles. The van der Waals surface area contributed by atoms with Crippen LogP contribution in [0.3, 0.4) is 0 Å². The van der Waals surface area contributed by atoms with Crippen LogP contribution in [-0.4, -0.2) is 23.9 Å². The molecule has 1 aromatic heterocycles. The molecule has 1 aromatic rings. The molecular formula is C16H26N2OS. The van der Waals surface area contributed by atoms with Gasteiger partial charge in [0.25, 0.3) is 0 Å². The summed E-state index contributed by atoms with van der Waals surface area (Å²) in [7, 11) is 0. The summed E-state index contributed by atoms with van der Waals surface area (Å²) >= 11 is 1.80. The largest absolute Gasteiger partial charge is 0.335 e. The SMILES string of the molecule is CC1c2ccsc2CCN1C(=O)C(CN)CC(C)(C)C. The second-order valence-electron chi connectivity index (χ2n) is 6.95. The quantitative estimate of drug-likeness (QED) is 0.930. The second-order valence-corrected chi connectivity index (χ2v) is 7.95. The van der Waals surface area contributed by atoms with Crippen LogP contribution in [0, 0.1) is 11.3 Å². The van der Waals surface area contributed by atoms with E-state index >= 15 is 0 Å². The Labute approximate surface area is 126 Å². The van der Waals surface area contributed by atoms with E-state index in [1.54, 1.807) is 11.3 Å². The number of hydrogen-bond donors (Lipinski definition) is 1. The summed E-state index contributed by atoms with van der Waals surface area (Å²) in [4.78, 5) is 16.3. The third-order valence-electron chi connectivity index (χ3n) is 4.05. The van der Waals surface area contributed by atoms with Crippen LogP contribution in [0.2, 0.25) is 0 Å². The van der Waals surface area contributed by atoms with Gasteiger partial charge in [0.05, 0.1) is 12.0 Å². The van der Waals surface area contributed by atoms with Crippen LogP contribution in [0.1, 0.15) is 50.6 Å². The Morgan fingerprint density at radius 1 is 1.55 bits per heavy atom. The molecule has 0 aliphatic carbocycles. The van der Waals surface area contributed by atoms with Crippen LogP contribution >= 0.6 is 11.3 Å². The van der Waals surface area contributed by atoms with Crippen molar-refractivity contribution < 1.29 is 4.79 Å². The highest BCUT2D eigenvalue weighted by Gasteiger charge is 2.33. The topological polar surface area (TPSA) is 46.3 Å². The first-order chi connectivity index (χ1) is 9.33. The van der Waals surface area contributed by atoms with E-state index in [0.29, 0.717) is 6.54 Å². The highest BCUT2D eigenvalue weighted by atomic mass is 32.1. The first-order valence-corrected chi connectivity index (χ1v) is 8.28. The molecule has 0 spiro atoms. The lowest BCUT2D eigenvalue weighted by Gasteiger charge is -2.37. The maximum Gasteiger partial charge on any atom is 0.227 e. The van der Waals surface area contributed by atoms with E-state index in [0.717, 1.165) is 19.4 Å². The summed E-state index contributed by atoms with van der Waals surface area (Å²) in [5.74, 6) is 0.171. The summed E-state index contributed by atoms with van der Waals surface area (Å²) < 4.78 is 0. The number of carbonyl (C=O) groups excluding carboxylic acids is 1. The van der Waals surface area contributed by atoms with Gasteiger partial charge in [-0.05, 0) is 42.2 Å². The number of rotatable bonds is 3. The minimum atomic E-state index is -0.0577. The molecule has 1 amide bonds. The van der Waals surface area contributed by atoms with Gasteiger partial charge < -0.3 is 10.6 Å². The van der Waals surface area contributed by atoms with Crippen LogP contribution in [0.15, 0.2) is 11.4 Å². The summed E-state index contributed by atoms with van der Waals surface area (Å²) in [6.07, 6.45) is 1.83. The lowest BCUT2D eigenvalue weighted by Crippen LogP contribution is -2.44. The molecule has 0 saturated carbocycles. The van der Waals surface area contributed by atoms with Gasteiger partial charge >= 0.3 is 0 Å². The van der Waals surface area contributed by atoms with Crippen molar-refractivity contribution in [1.29, 1.82) is 0 Å². The molecule has 0 radical (unpaired) electrons. The smallest absolute Gasteiger partial charge is 0.227 e. The normalized spacial score (nSPS) is 20.6. The number of nitrogens with zero attached hydrogens (tertiary/aromatic N) is 1. The van der Waals surface area contributed by atoms with Crippen molar-refractivity contribution in [3.63, 3.8) is 0 Å². The maximum atomic E-state index is 12.8. The molecule has 2 atom stereocenters. The fourth-order valence-corrected chi connectivity index (χ4v) is 4.02. The fraction of sp³-hybridized carbons (Fsp3) is 0.688. The molecule has 2 heterocycles. The Bertz CT molecular complexity index is 475. The number of hydrogen-bond acceptors (Lipinski definition) is 3. The van der Waals surface area contributed by atoms with Gasteiger partial charge in [-0.25, -0.2) is 0 Å². The van der Waals surface area contributed by atoms with E-state index in [9.17, 15) is 4.79 Å². The predicted molar refractivity (Wildman–Crippen MR) is 84.8 cm³/mol. The highest BCUT2D eigenvalue weighted by molar-refractivity contribution is 7.10. The second kappa shape index (κ2) is 5.86. The van der Waals surface area contributed by atoms with Crippen molar-refractivity contribution >= 4 is 17.2 Å². The summed E-state index contributed by atoms with van der Waals surface area (Å²) in [5.41, 5.74) is 7.31. The van der Waals surface area contributed by atoms with Crippen LogP contribution in [0.25, 0.3) is 0 Å². The van der Waals surface area contributed by atoms with E-state index in [1.165, 1.54) is 10.4 Å². The Balaban J connectivity index is 2.13. The van der Waals surface area contributed by atoms with Crippen molar-refractivity contribution in [3.05, 3.63) is 21.9 Å². The van der Waals surface area contributed by atoms with Crippen LogP contribution in [0.5, 0.6) is 0 Å². The molecule has 20 heavy (non-hydrogen) atoms. The van der Waals surface area contributed by atoms with Gasteiger partial charge in [0.2, 0.25) is 5.91 Å². The lowest BCUT2D eigenvalue weighted by molar-refractivity contribution is -0.138. The zero-order valence-corrected chi connectivity index (χ0v) is 13.8. The Kier molecular flexibility index (Phi) is 4.55. The minimum absolute atomic E-state index is 0.0577. The van der Waals surface area contributed by atoms with Gasteiger partial charge in [-0.2, -0.15) is 0 Å². The van der Waals surface area contributed by atoms with Crippen LogP contribution < -0.4 is 5.73 Å². The Hall–Kier alpha value is -0.870. The molecule has 2 rings (SSSR count). The van der Waals surface area contributed by atoms with Crippen LogP contribution in [-0.2, 0) is 11.2 Å². The van der Waals surface area contributed by atoms with Crippen molar-refractivity contribution in [2.24, 2.45) is 17.1 Å². The highest BCUT2D eigenvalue weighted by Crippen LogP contribution is 2.35. The van der Waals surface area contributed by atoms with Crippen molar-refractivity contribution in [1.82, 2.24) is 4.90 Å². The third-order valence-corrected chi connectivity index (χ3v) is 5.05. The fourth-order valence-electron chi connectivity index (χ4n) is 3.06. The number of fused-ring (bicyclic) bond motifs is 1. The average molecular weight is 294 g/mol. The van der Waals surface area contributed by atoms with E-state index in [1.807, 2.05) is 4.90 Å². The van der Waals surface area contributed by atoms with Gasteiger partial charge in [-0.3, -0.25) is 4.79 Å². The van der Waals surface area contributed by atoms with E-state index in [2.05, 4.69) is 39.1 Å². The number of thiophene rings is 1. The van der Waals surface area contributed by atoms with Gasteiger partial charge in [-0.15, -0.1) is 11.3 Å². The Morgan fingerprint density at radius 3 is 2.85 bits per heavy atom. The zero-order valence-electron chi connectivity index (χ0n) is 13.0. The summed E-state index contributed by atoms with van der Waals surface area (Å²) in [5, 5.41) is 2.13. The molecule has 4 heteroatoms.